The van der Waals surface area contributed by atoms with Crippen molar-refractivity contribution in [1.29, 1.82) is 0 Å². The monoisotopic (exact) mass is 294 g/mol. The van der Waals surface area contributed by atoms with E-state index in [1.165, 1.54) is 0 Å². The SMILES string of the molecule is CCOCc1nc(Cl)cc(Oc2ccccc2OC)n1. The maximum Gasteiger partial charge on any atom is 0.224 e. The maximum atomic E-state index is 5.95. The first-order valence-corrected chi connectivity index (χ1v) is 6.52. The summed E-state index contributed by atoms with van der Waals surface area (Å²) in [5.74, 6) is 2.01. The van der Waals surface area contributed by atoms with Crippen LogP contribution in [0.1, 0.15) is 12.7 Å². The minimum Gasteiger partial charge on any atom is -0.493 e. The van der Waals surface area contributed by atoms with E-state index in [0.717, 1.165) is 0 Å². The second kappa shape index (κ2) is 7.07. The summed E-state index contributed by atoms with van der Waals surface area (Å²) in [6.07, 6.45) is 0. The second-order valence-electron chi connectivity index (χ2n) is 3.84. The summed E-state index contributed by atoms with van der Waals surface area (Å²) in [4.78, 5) is 8.32. The molecule has 0 spiro atoms. The van der Waals surface area contributed by atoms with Crippen molar-refractivity contribution in [2.75, 3.05) is 13.7 Å². The zero-order chi connectivity index (χ0) is 14.4. The van der Waals surface area contributed by atoms with Gasteiger partial charge in [0.25, 0.3) is 0 Å². The summed E-state index contributed by atoms with van der Waals surface area (Å²) in [5, 5.41) is 0.305. The van der Waals surface area contributed by atoms with Crippen LogP contribution >= 0.6 is 11.6 Å². The van der Waals surface area contributed by atoms with Crippen molar-refractivity contribution in [3.8, 4) is 17.4 Å². The highest BCUT2D eigenvalue weighted by Gasteiger charge is 2.08. The van der Waals surface area contributed by atoms with Gasteiger partial charge in [0.15, 0.2) is 17.3 Å². The summed E-state index contributed by atoms with van der Waals surface area (Å²) in [5.41, 5.74) is 0. The highest BCUT2D eigenvalue weighted by atomic mass is 35.5. The van der Waals surface area contributed by atoms with Gasteiger partial charge >= 0.3 is 0 Å². The van der Waals surface area contributed by atoms with Gasteiger partial charge in [-0.3, -0.25) is 0 Å². The van der Waals surface area contributed by atoms with Crippen LogP contribution in [-0.2, 0) is 11.3 Å². The molecule has 2 aromatic rings. The molecule has 0 aliphatic rings. The van der Waals surface area contributed by atoms with Gasteiger partial charge in [-0.2, -0.15) is 4.98 Å². The van der Waals surface area contributed by atoms with Crippen LogP contribution < -0.4 is 9.47 Å². The number of hydrogen-bond acceptors (Lipinski definition) is 5. The number of methoxy groups -OCH3 is 1. The Morgan fingerprint density at radius 3 is 2.60 bits per heavy atom. The second-order valence-corrected chi connectivity index (χ2v) is 4.22. The molecular formula is C14H15ClN2O3. The van der Waals surface area contributed by atoms with Gasteiger partial charge in [0.05, 0.1) is 7.11 Å². The third kappa shape index (κ3) is 3.82. The van der Waals surface area contributed by atoms with E-state index in [0.29, 0.717) is 41.6 Å². The zero-order valence-corrected chi connectivity index (χ0v) is 12.1. The third-order valence-corrected chi connectivity index (χ3v) is 2.63. The lowest BCUT2D eigenvalue weighted by Crippen LogP contribution is -2.01. The molecule has 0 saturated heterocycles. The van der Waals surface area contributed by atoms with Crippen molar-refractivity contribution in [3.05, 3.63) is 41.3 Å². The lowest BCUT2D eigenvalue weighted by Gasteiger charge is -2.10. The number of aromatic nitrogens is 2. The van der Waals surface area contributed by atoms with E-state index in [-0.39, 0.29) is 0 Å². The van der Waals surface area contributed by atoms with Gasteiger partial charge in [-0.05, 0) is 19.1 Å². The van der Waals surface area contributed by atoms with Gasteiger partial charge in [-0.15, -0.1) is 0 Å². The molecule has 0 fully saturated rings. The van der Waals surface area contributed by atoms with Crippen LogP contribution in [0.25, 0.3) is 0 Å². The summed E-state index contributed by atoms with van der Waals surface area (Å²) in [6, 6.07) is 8.85. The number of para-hydroxylation sites is 2. The predicted molar refractivity (Wildman–Crippen MR) is 75.4 cm³/mol. The molecule has 20 heavy (non-hydrogen) atoms. The summed E-state index contributed by atoms with van der Waals surface area (Å²) in [6.45, 7) is 2.77. The van der Waals surface area contributed by atoms with E-state index in [2.05, 4.69) is 9.97 Å². The Labute approximate surface area is 122 Å². The standard InChI is InChI=1S/C14H15ClN2O3/c1-3-19-9-13-16-12(15)8-14(17-13)20-11-7-5-4-6-10(11)18-2/h4-8H,3,9H2,1-2H3. The average molecular weight is 295 g/mol. The molecule has 0 bridgehead atoms. The van der Waals surface area contributed by atoms with Gasteiger partial charge in [0.2, 0.25) is 5.88 Å². The Bertz CT molecular complexity index is 578. The topological polar surface area (TPSA) is 53.5 Å². The molecule has 0 saturated carbocycles. The summed E-state index contributed by atoms with van der Waals surface area (Å²) in [7, 11) is 1.58. The highest BCUT2D eigenvalue weighted by molar-refractivity contribution is 6.29. The molecule has 6 heteroatoms. The van der Waals surface area contributed by atoms with Crippen molar-refractivity contribution >= 4 is 11.6 Å². The minimum absolute atomic E-state index is 0.291. The Balaban J connectivity index is 2.22. The van der Waals surface area contributed by atoms with Crippen molar-refractivity contribution in [2.24, 2.45) is 0 Å². The van der Waals surface area contributed by atoms with E-state index >= 15 is 0 Å². The van der Waals surface area contributed by atoms with Crippen molar-refractivity contribution < 1.29 is 14.2 Å². The summed E-state index contributed by atoms with van der Waals surface area (Å²) >= 11 is 5.95. The first-order valence-electron chi connectivity index (χ1n) is 6.15. The van der Waals surface area contributed by atoms with E-state index in [1.54, 1.807) is 25.3 Å². The average Bonchev–Trinajstić information content (AvgIpc) is 2.45. The summed E-state index contributed by atoms with van der Waals surface area (Å²) < 4.78 is 16.2. The van der Waals surface area contributed by atoms with Crippen molar-refractivity contribution in [1.82, 2.24) is 9.97 Å². The fourth-order valence-corrected chi connectivity index (χ4v) is 1.76. The van der Waals surface area contributed by atoms with Crippen LogP contribution in [0.15, 0.2) is 30.3 Å². The number of rotatable bonds is 6. The normalized spacial score (nSPS) is 10.3. The minimum atomic E-state index is 0.291. The third-order valence-electron chi connectivity index (χ3n) is 2.44. The Morgan fingerprint density at radius 1 is 1.15 bits per heavy atom. The van der Waals surface area contributed by atoms with Crippen molar-refractivity contribution in [3.63, 3.8) is 0 Å². The zero-order valence-electron chi connectivity index (χ0n) is 11.3. The van der Waals surface area contributed by atoms with Crippen LogP contribution in [0, 0.1) is 0 Å². The molecule has 0 N–H and O–H groups in total. The molecule has 1 aromatic heterocycles. The number of halogens is 1. The van der Waals surface area contributed by atoms with Crippen LogP contribution in [0.5, 0.6) is 17.4 Å². The van der Waals surface area contributed by atoms with Crippen LogP contribution in [-0.4, -0.2) is 23.7 Å². The van der Waals surface area contributed by atoms with Gasteiger partial charge in [0.1, 0.15) is 11.8 Å². The van der Waals surface area contributed by atoms with Crippen LogP contribution in [0.2, 0.25) is 5.15 Å². The molecule has 2 rings (SSSR count). The smallest absolute Gasteiger partial charge is 0.224 e. The Hall–Kier alpha value is -1.85. The number of benzene rings is 1. The molecule has 0 unspecified atom stereocenters. The quantitative estimate of drug-likeness (QED) is 0.764. The predicted octanol–water partition coefficient (Wildman–Crippen LogP) is 3.47. The molecule has 1 heterocycles. The Kier molecular flexibility index (Phi) is 5.15. The fraction of sp³-hybridized carbons (Fsp3) is 0.286. The molecule has 1 aromatic carbocycles. The van der Waals surface area contributed by atoms with Gasteiger partial charge in [-0.25, -0.2) is 4.98 Å². The van der Waals surface area contributed by atoms with Gasteiger partial charge in [-0.1, -0.05) is 23.7 Å². The van der Waals surface area contributed by atoms with Crippen LogP contribution in [0.3, 0.4) is 0 Å². The molecular weight excluding hydrogens is 280 g/mol. The Morgan fingerprint density at radius 2 is 1.90 bits per heavy atom. The van der Waals surface area contributed by atoms with E-state index in [9.17, 15) is 0 Å². The van der Waals surface area contributed by atoms with E-state index in [4.69, 9.17) is 25.8 Å². The number of ether oxygens (including phenoxy) is 3. The molecule has 0 aliphatic heterocycles. The number of hydrogen-bond donors (Lipinski definition) is 0. The fourth-order valence-electron chi connectivity index (χ4n) is 1.57. The lowest BCUT2D eigenvalue weighted by molar-refractivity contribution is 0.127. The van der Waals surface area contributed by atoms with E-state index in [1.807, 2.05) is 19.1 Å². The maximum absolute atomic E-state index is 5.95. The van der Waals surface area contributed by atoms with Crippen molar-refractivity contribution in [2.45, 2.75) is 13.5 Å². The van der Waals surface area contributed by atoms with Crippen LogP contribution in [0.4, 0.5) is 0 Å². The molecule has 0 amide bonds. The highest BCUT2D eigenvalue weighted by Crippen LogP contribution is 2.30. The van der Waals surface area contributed by atoms with Gasteiger partial charge in [0, 0.05) is 12.7 Å². The number of nitrogens with zero attached hydrogens (tertiary/aromatic N) is 2. The lowest BCUT2D eigenvalue weighted by atomic mass is 10.3. The largest absolute Gasteiger partial charge is 0.493 e. The van der Waals surface area contributed by atoms with E-state index < -0.39 is 0 Å². The van der Waals surface area contributed by atoms with Gasteiger partial charge < -0.3 is 14.2 Å². The first-order chi connectivity index (χ1) is 9.72. The molecule has 0 radical (unpaired) electrons. The molecule has 0 aliphatic carbocycles. The molecule has 106 valence electrons. The molecule has 5 nitrogen and oxygen atoms in total. The molecule has 0 atom stereocenters. The first kappa shape index (κ1) is 14.6.